The van der Waals surface area contributed by atoms with Crippen LogP contribution in [-0.4, -0.2) is 25.1 Å². The van der Waals surface area contributed by atoms with Crippen molar-refractivity contribution in [1.29, 1.82) is 0 Å². The molecular formula is C23H22ClN3O2S. The molecule has 0 aliphatic rings. The van der Waals surface area contributed by atoms with Crippen LogP contribution in [0.1, 0.15) is 11.3 Å². The predicted octanol–water partition coefficient (Wildman–Crippen LogP) is 5.50. The molecule has 154 valence electrons. The van der Waals surface area contributed by atoms with Crippen molar-refractivity contribution >= 4 is 52.3 Å². The second-order valence-electron chi connectivity index (χ2n) is 6.88. The summed E-state index contributed by atoms with van der Waals surface area (Å²) in [5.41, 5.74) is 3.74. The largest absolute Gasteiger partial charge is 0.457 e. The van der Waals surface area contributed by atoms with E-state index in [1.807, 2.05) is 74.4 Å². The van der Waals surface area contributed by atoms with Gasteiger partial charge in [0.05, 0.1) is 0 Å². The van der Waals surface area contributed by atoms with Crippen LogP contribution in [-0.2, 0) is 4.79 Å². The summed E-state index contributed by atoms with van der Waals surface area (Å²) >= 11 is 11.4. The van der Waals surface area contributed by atoms with Gasteiger partial charge in [-0.1, -0.05) is 23.7 Å². The first-order valence-electron chi connectivity index (χ1n) is 9.25. The average Bonchev–Trinajstić information content (AvgIpc) is 3.18. The Morgan fingerprint density at radius 2 is 1.83 bits per heavy atom. The number of anilines is 2. The maximum absolute atomic E-state index is 12.1. The van der Waals surface area contributed by atoms with Gasteiger partial charge in [0, 0.05) is 42.1 Å². The highest BCUT2D eigenvalue weighted by molar-refractivity contribution is 7.80. The normalized spacial score (nSPS) is 10.8. The fourth-order valence-corrected chi connectivity index (χ4v) is 3.06. The zero-order chi connectivity index (χ0) is 21.7. The van der Waals surface area contributed by atoms with Gasteiger partial charge >= 0.3 is 0 Å². The lowest BCUT2D eigenvalue weighted by Gasteiger charge is -2.13. The molecule has 30 heavy (non-hydrogen) atoms. The van der Waals surface area contributed by atoms with Gasteiger partial charge in [0.1, 0.15) is 11.5 Å². The van der Waals surface area contributed by atoms with Gasteiger partial charge in [-0.3, -0.25) is 10.1 Å². The Labute approximate surface area is 186 Å². The monoisotopic (exact) mass is 439 g/mol. The van der Waals surface area contributed by atoms with E-state index < -0.39 is 0 Å². The Hall–Kier alpha value is -3.09. The standard InChI is InChI=1S/C23H22ClN3O2S/c1-15-4-5-16(14-20(15)24)21-12-10-19(29-21)11-13-22(28)26-23(30)25-17-6-8-18(9-7-17)27(2)3/h4-14H,1-3H3,(H2,25,26,28,30)/b13-11+. The molecule has 5 nitrogen and oxygen atoms in total. The SMILES string of the molecule is Cc1ccc(-c2ccc(/C=C/C(=O)NC(=S)Nc3ccc(N(C)C)cc3)o2)cc1Cl. The second kappa shape index (κ2) is 9.61. The topological polar surface area (TPSA) is 57.5 Å². The fraction of sp³-hybridized carbons (Fsp3) is 0.130. The number of furan rings is 1. The molecule has 0 bridgehead atoms. The van der Waals surface area contributed by atoms with Crippen molar-refractivity contribution in [2.45, 2.75) is 6.92 Å². The molecule has 3 rings (SSSR count). The molecule has 7 heteroatoms. The molecule has 0 aliphatic heterocycles. The summed E-state index contributed by atoms with van der Waals surface area (Å²) in [7, 11) is 3.94. The number of hydrogen-bond acceptors (Lipinski definition) is 4. The number of thiocarbonyl (C=S) groups is 1. The van der Waals surface area contributed by atoms with Crippen molar-refractivity contribution in [3.63, 3.8) is 0 Å². The van der Waals surface area contributed by atoms with Gasteiger partial charge in [0.25, 0.3) is 0 Å². The summed E-state index contributed by atoms with van der Waals surface area (Å²) in [6.07, 6.45) is 2.96. The predicted molar refractivity (Wildman–Crippen MR) is 128 cm³/mol. The number of carbonyl (C=O) groups is 1. The number of nitrogens with one attached hydrogen (secondary N) is 2. The van der Waals surface area contributed by atoms with Gasteiger partial charge in [-0.05, 0) is 73.2 Å². The maximum Gasteiger partial charge on any atom is 0.250 e. The third-order valence-electron chi connectivity index (χ3n) is 4.36. The van der Waals surface area contributed by atoms with Gasteiger partial charge in [-0.15, -0.1) is 0 Å². The minimum Gasteiger partial charge on any atom is -0.457 e. The van der Waals surface area contributed by atoms with Crippen molar-refractivity contribution < 1.29 is 9.21 Å². The van der Waals surface area contributed by atoms with Crippen LogP contribution < -0.4 is 15.5 Å². The molecular weight excluding hydrogens is 418 g/mol. The Morgan fingerprint density at radius 3 is 2.50 bits per heavy atom. The molecule has 0 atom stereocenters. The van der Waals surface area contributed by atoms with Crippen LogP contribution in [0, 0.1) is 6.92 Å². The number of aryl methyl sites for hydroxylation is 1. The van der Waals surface area contributed by atoms with Crippen molar-refractivity contribution in [3.8, 4) is 11.3 Å². The van der Waals surface area contributed by atoms with Gasteiger partial charge in [-0.2, -0.15) is 0 Å². The second-order valence-corrected chi connectivity index (χ2v) is 7.70. The fourth-order valence-electron chi connectivity index (χ4n) is 2.66. The minimum atomic E-state index is -0.353. The van der Waals surface area contributed by atoms with Gasteiger partial charge in [0.15, 0.2) is 5.11 Å². The van der Waals surface area contributed by atoms with E-state index in [4.69, 9.17) is 28.2 Å². The molecule has 0 unspecified atom stereocenters. The van der Waals surface area contributed by atoms with Crippen LogP contribution in [0.2, 0.25) is 5.02 Å². The van der Waals surface area contributed by atoms with Crippen LogP contribution in [0.4, 0.5) is 11.4 Å². The van der Waals surface area contributed by atoms with E-state index in [1.165, 1.54) is 6.08 Å². The highest BCUT2D eigenvalue weighted by Crippen LogP contribution is 2.27. The first-order chi connectivity index (χ1) is 14.3. The van der Waals surface area contributed by atoms with Gasteiger partial charge in [-0.25, -0.2) is 0 Å². The first kappa shape index (κ1) is 21.6. The highest BCUT2D eigenvalue weighted by atomic mass is 35.5. The summed E-state index contributed by atoms with van der Waals surface area (Å²) in [5.74, 6) is 0.874. The van der Waals surface area contributed by atoms with E-state index in [2.05, 4.69) is 10.6 Å². The molecule has 0 spiro atoms. The summed E-state index contributed by atoms with van der Waals surface area (Å²) in [4.78, 5) is 14.1. The molecule has 1 heterocycles. The maximum atomic E-state index is 12.1. The van der Waals surface area contributed by atoms with Crippen LogP contribution in [0.3, 0.4) is 0 Å². The Morgan fingerprint density at radius 1 is 1.10 bits per heavy atom. The summed E-state index contributed by atoms with van der Waals surface area (Å²) in [5, 5.41) is 6.49. The van der Waals surface area contributed by atoms with Crippen molar-refractivity contribution in [2.75, 3.05) is 24.3 Å². The zero-order valence-electron chi connectivity index (χ0n) is 16.9. The van der Waals surface area contributed by atoms with Crippen molar-refractivity contribution in [2.24, 2.45) is 0 Å². The number of benzene rings is 2. The van der Waals surface area contributed by atoms with Crippen LogP contribution >= 0.6 is 23.8 Å². The van der Waals surface area contributed by atoms with Crippen LogP contribution in [0.15, 0.2) is 65.1 Å². The average molecular weight is 440 g/mol. The quantitative estimate of drug-likeness (QED) is 0.406. The Bertz CT molecular complexity index is 1090. The number of carbonyl (C=O) groups excluding carboxylic acids is 1. The highest BCUT2D eigenvalue weighted by Gasteiger charge is 2.06. The molecule has 0 saturated carbocycles. The lowest BCUT2D eigenvalue weighted by Crippen LogP contribution is -2.32. The van der Waals surface area contributed by atoms with Gasteiger partial charge in [0.2, 0.25) is 5.91 Å². The number of halogens is 1. The molecule has 0 radical (unpaired) electrons. The summed E-state index contributed by atoms with van der Waals surface area (Å²) < 4.78 is 5.77. The molecule has 1 amide bonds. The van der Waals surface area contributed by atoms with E-state index in [0.29, 0.717) is 16.5 Å². The van der Waals surface area contributed by atoms with E-state index in [9.17, 15) is 4.79 Å². The lowest BCUT2D eigenvalue weighted by molar-refractivity contribution is -0.115. The first-order valence-corrected chi connectivity index (χ1v) is 10.0. The molecule has 0 fully saturated rings. The number of hydrogen-bond donors (Lipinski definition) is 2. The smallest absolute Gasteiger partial charge is 0.250 e. The third kappa shape index (κ3) is 5.72. The van der Waals surface area contributed by atoms with Crippen molar-refractivity contribution in [1.82, 2.24) is 5.32 Å². The number of nitrogens with zero attached hydrogens (tertiary/aromatic N) is 1. The third-order valence-corrected chi connectivity index (χ3v) is 4.97. The summed E-state index contributed by atoms with van der Waals surface area (Å²) in [6.45, 7) is 1.94. The van der Waals surface area contributed by atoms with Gasteiger partial charge < -0.3 is 14.6 Å². The van der Waals surface area contributed by atoms with Crippen LogP contribution in [0.25, 0.3) is 17.4 Å². The molecule has 3 aromatic rings. The number of rotatable bonds is 5. The van der Waals surface area contributed by atoms with E-state index >= 15 is 0 Å². The molecule has 0 saturated heterocycles. The molecule has 2 N–H and O–H groups in total. The Balaban J connectivity index is 1.56. The molecule has 0 aliphatic carbocycles. The van der Waals surface area contributed by atoms with E-state index in [1.54, 1.807) is 12.1 Å². The Kier molecular flexibility index (Phi) is 6.92. The summed E-state index contributed by atoms with van der Waals surface area (Å²) in [6, 6.07) is 17.1. The van der Waals surface area contributed by atoms with E-state index in [0.717, 1.165) is 22.5 Å². The number of amides is 1. The lowest BCUT2D eigenvalue weighted by atomic mass is 10.1. The minimum absolute atomic E-state index is 0.219. The molecule has 1 aromatic heterocycles. The van der Waals surface area contributed by atoms with Crippen LogP contribution in [0.5, 0.6) is 0 Å². The molecule has 2 aromatic carbocycles. The van der Waals surface area contributed by atoms with E-state index in [-0.39, 0.29) is 11.0 Å². The van der Waals surface area contributed by atoms with Crippen molar-refractivity contribution in [3.05, 3.63) is 77.0 Å². The zero-order valence-corrected chi connectivity index (χ0v) is 18.5.